The maximum Gasteiger partial charge on any atom is 0.262 e. The van der Waals surface area contributed by atoms with Crippen LogP contribution in [0, 0.1) is 13.8 Å². The highest BCUT2D eigenvalue weighted by atomic mass is 32.2. The van der Waals surface area contributed by atoms with Crippen LogP contribution in [0.15, 0.2) is 46.2 Å². The quantitative estimate of drug-likeness (QED) is 0.738. The molecular weight excluding hydrogens is 416 g/mol. The number of hydrogen-bond acceptors (Lipinski definition) is 6. The summed E-state index contributed by atoms with van der Waals surface area (Å²) in [5, 5.41) is 0. The van der Waals surface area contributed by atoms with Crippen molar-refractivity contribution in [1.29, 1.82) is 0 Å². The van der Waals surface area contributed by atoms with Gasteiger partial charge in [0, 0.05) is 13.1 Å². The predicted molar refractivity (Wildman–Crippen MR) is 109 cm³/mol. The van der Waals surface area contributed by atoms with Crippen LogP contribution in [0.5, 0.6) is 5.75 Å². The molecule has 0 aromatic heterocycles. The summed E-state index contributed by atoms with van der Waals surface area (Å²) in [6, 6.07) is 9.24. The van der Waals surface area contributed by atoms with E-state index in [-0.39, 0.29) is 34.3 Å². The molecule has 2 aromatic carbocycles. The van der Waals surface area contributed by atoms with Crippen LogP contribution in [0.4, 0.5) is 5.69 Å². The van der Waals surface area contributed by atoms with Crippen LogP contribution >= 0.6 is 0 Å². The Labute approximate surface area is 171 Å². The van der Waals surface area contributed by atoms with Crippen molar-refractivity contribution < 1.29 is 26.3 Å². The van der Waals surface area contributed by atoms with E-state index in [1.54, 1.807) is 26.0 Å². The van der Waals surface area contributed by atoms with Gasteiger partial charge in [-0.25, -0.2) is 16.8 Å². The van der Waals surface area contributed by atoms with Crippen molar-refractivity contribution in [2.75, 3.05) is 38.1 Å². The standard InChI is InChI=1S/C19H24N2O6S2/c1-14-4-5-15(2)19(12-14)28(22,23)20-17-13-16(6-7-18(17)26-3)29(24,25)21-8-10-27-11-9-21/h4-7,12-13,20H,8-11H2,1-3H3. The molecular formula is C19H24N2O6S2. The summed E-state index contributed by atoms with van der Waals surface area (Å²) < 4.78 is 66.0. The van der Waals surface area contributed by atoms with Gasteiger partial charge in [-0.2, -0.15) is 4.31 Å². The van der Waals surface area contributed by atoms with Gasteiger partial charge in [-0.15, -0.1) is 0 Å². The first-order chi connectivity index (χ1) is 13.6. The van der Waals surface area contributed by atoms with Gasteiger partial charge in [0.05, 0.1) is 35.8 Å². The molecule has 158 valence electrons. The second-order valence-electron chi connectivity index (χ2n) is 6.75. The maximum absolute atomic E-state index is 13.0. The number of hydrogen-bond donors (Lipinski definition) is 1. The van der Waals surface area contributed by atoms with Crippen molar-refractivity contribution >= 4 is 25.7 Å². The number of methoxy groups -OCH3 is 1. The number of anilines is 1. The Hall–Kier alpha value is -2.14. The molecule has 0 radical (unpaired) electrons. The van der Waals surface area contributed by atoms with Crippen LogP contribution < -0.4 is 9.46 Å². The summed E-state index contributed by atoms with van der Waals surface area (Å²) in [7, 11) is -6.34. The minimum atomic E-state index is -3.94. The van der Waals surface area contributed by atoms with Crippen LogP contribution in [0.2, 0.25) is 0 Å². The summed E-state index contributed by atoms with van der Waals surface area (Å²) in [5.74, 6) is 0.222. The Morgan fingerprint density at radius 2 is 1.69 bits per heavy atom. The highest BCUT2D eigenvalue weighted by Crippen LogP contribution is 2.31. The molecule has 29 heavy (non-hydrogen) atoms. The predicted octanol–water partition coefficient (Wildman–Crippen LogP) is 2.13. The monoisotopic (exact) mass is 440 g/mol. The van der Waals surface area contributed by atoms with Gasteiger partial charge in [0.15, 0.2) is 0 Å². The molecule has 1 heterocycles. The number of ether oxygens (including phenoxy) is 2. The van der Waals surface area contributed by atoms with Gasteiger partial charge in [-0.05, 0) is 49.2 Å². The molecule has 1 saturated heterocycles. The average molecular weight is 441 g/mol. The minimum absolute atomic E-state index is 0.0149. The Morgan fingerprint density at radius 1 is 1.00 bits per heavy atom. The molecule has 0 amide bonds. The van der Waals surface area contributed by atoms with Gasteiger partial charge in [-0.3, -0.25) is 4.72 Å². The molecule has 0 bridgehead atoms. The Kier molecular flexibility index (Phi) is 6.18. The van der Waals surface area contributed by atoms with Crippen molar-refractivity contribution in [3.63, 3.8) is 0 Å². The van der Waals surface area contributed by atoms with Crippen LogP contribution in [0.1, 0.15) is 11.1 Å². The largest absolute Gasteiger partial charge is 0.495 e. The molecule has 1 aliphatic heterocycles. The molecule has 0 atom stereocenters. The number of rotatable bonds is 6. The normalized spacial score (nSPS) is 15.8. The molecule has 1 fully saturated rings. The van der Waals surface area contributed by atoms with Crippen LogP contribution in [-0.2, 0) is 24.8 Å². The molecule has 10 heteroatoms. The average Bonchev–Trinajstić information content (AvgIpc) is 2.70. The van der Waals surface area contributed by atoms with E-state index in [2.05, 4.69) is 4.72 Å². The lowest BCUT2D eigenvalue weighted by Gasteiger charge is -2.26. The van der Waals surface area contributed by atoms with Crippen LogP contribution in [-0.4, -0.2) is 54.6 Å². The fourth-order valence-corrected chi connectivity index (χ4v) is 5.89. The third-order valence-corrected chi connectivity index (χ3v) is 8.06. The summed E-state index contributed by atoms with van der Waals surface area (Å²) in [6.07, 6.45) is 0. The van der Waals surface area contributed by atoms with Crippen LogP contribution in [0.25, 0.3) is 0 Å². The fraction of sp³-hybridized carbons (Fsp3) is 0.368. The fourth-order valence-electron chi connectivity index (χ4n) is 3.06. The lowest BCUT2D eigenvalue weighted by atomic mass is 10.2. The van der Waals surface area contributed by atoms with Gasteiger partial charge in [0.1, 0.15) is 5.75 Å². The second-order valence-corrected chi connectivity index (χ2v) is 10.3. The summed E-state index contributed by atoms with van der Waals surface area (Å²) in [6.45, 7) is 4.64. The van der Waals surface area contributed by atoms with E-state index in [1.165, 1.54) is 29.6 Å². The SMILES string of the molecule is COc1ccc(S(=O)(=O)N2CCOCC2)cc1NS(=O)(=O)c1cc(C)ccc1C. The van der Waals surface area contributed by atoms with Gasteiger partial charge in [0.25, 0.3) is 10.0 Å². The maximum atomic E-state index is 13.0. The van der Waals surface area contributed by atoms with E-state index in [0.29, 0.717) is 18.8 Å². The van der Waals surface area contributed by atoms with Gasteiger partial charge < -0.3 is 9.47 Å². The molecule has 1 N–H and O–H groups in total. The van der Waals surface area contributed by atoms with Gasteiger partial charge >= 0.3 is 0 Å². The van der Waals surface area contributed by atoms with Gasteiger partial charge in [0.2, 0.25) is 10.0 Å². The lowest BCUT2D eigenvalue weighted by molar-refractivity contribution is 0.0730. The Morgan fingerprint density at radius 3 is 2.34 bits per heavy atom. The highest BCUT2D eigenvalue weighted by molar-refractivity contribution is 7.92. The van der Waals surface area contributed by atoms with E-state index in [0.717, 1.165) is 5.56 Å². The number of benzene rings is 2. The van der Waals surface area contributed by atoms with E-state index >= 15 is 0 Å². The van der Waals surface area contributed by atoms with E-state index < -0.39 is 20.0 Å². The Balaban J connectivity index is 2.00. The molecule has 0 saturated carbocycles. The molecule has 3 rings (SSSR count). The first-order valence-electron chi connectivity index (χ1n) is 9.01. The summed E-state index contributed by atoms with van der Waals surface area (Å²) >= 11 is 0. The second kappa shape index (κ2) is 8.31. The van der Waals surface area contributed by atoms with Crippen molar-refractivity contribution in [2.24, 2.45) is 0 Å². The zero-order valence-electron chi connectivity index (χ0n) is 16.5. The van der Waals surface area contributed by atoms with Crippen molar-refractivity contribution in [2.45, 2.75) is 23.6 Å². The minimum Gasteiger partial charge on any atom is -0.495 e. The lowest BCUT2D eigenvalue weighted by Crippen LogP contribution is -2.40. The van der Waals surface area contributed by atoms with Crippen molar-refractivity contribution in [3.8, 4) is 5.75 Å². The highest BCUT2D eigenvalue weighted by Gasteiger charge is 2.28. The first kappa shape index (κ1) is 21.6. The van der Waals surface area contributed by atoms with Crippen LogP contribution in [0.3, 0.4) is 0 Å². The molecule has 0 aliphatic carbocycles. The van der Waals surface area contributed by atoms with E-state index in [1.807, 2.05) is 6.07 Å². The number of aryl methyl sites for hydroxylation is 2. The molecule has 8 nitrogen and oxygen atoms in total. The van der Waals surface area contributed by atoms with E-state index in [4.69, 9.17) is 9.47 Å². The topological polar surface area (TPSA) is 102 Å². The number of sulfonamides is 2. The van der Waals surface area contributed by atoms with E-state index in [9.17, 15) is 16.8 Å². The zero-order valence-corrected chi connectivity index (χ0v) is 18.1. The smallest absolute Gasteiger partial charge is 0.262 e. The number of nitrogens with one attached hydrogen (secondary N) is 1. The third kappa shape index (κ3) is 4.55. The zero-order chi connectivity index (χ0) is 21.2. The first-order valence-corrected chi connectivity index (χ1v) is 11.9. The van der Waals surface area contributed by atoms with Crippen molar-refractivity contribution in [1.82, 2.24) is 4.31 Å². The van der Waals surface area contributed by atoms with Gasteiger partial charge in [-0.1, -0.05) is 12.1 Å². The molecule has 0 spiro atoms. The molecule has 2 aromatic rings. The summed E-state index contributed by atoms with van der Waals surface area (Å²) in [5.41, 5.74) is 1.44. The van der Waals surface area contributed by atoms with Crippen molar-refractivity contribution in [3.05, 3.63) is 47.5 Å². The molecule has 1 aliphatic rings. The Bertz CT molecular complexity index is 1110. The summed E-state index contributed by atoms with van der Waals surface area (Å²) in [4.78, 5) is 0.111. The number of morpholine rings is 1. The molecule has 0 unspecified atom stereocenters. The third-order valence-electron chi connectivity index (χ3n) is 4.66. The number of nitrogens with zero attached hydrogens (tertiary/aromatic N) is 1.